The highest BCUT2D eigenvalue weighted by molar-refractivity contribution is 5.76. The van der Waals surface area contributed by atoms with Gasteiger partial charge in [0.15, 0.2) is 0 Å². The second kappa shape index (κ2) is 6.52. The van der Waals surface area contributed by atoms with E-state index in [9.17, 15) is 4.79 Å². The number of hydrogen-bond acceptors (Lipinski definition) is 4. The molecule has 5 nitrogen and oxygen atoms in total. The lowest BCUT2D eigenvalue weighted by atomic mass is 10.0. The third-order valence-electron chi connectivity index (χ3n) is 4.31. The van der Waals surface area contributed by atoms with Gasteiger partial charge in [-0.25, -0.2) is 0 Å². The molecule has 1 N–H and O–H groups in total. The van der Waals surface area contributed by atoms with Crippen molar-refractivity contribution in [1.29, 1.82) is 0 Å². The van der Waals surface area contributed by atoms with Crippen LogP contribution >= 0.6 is 0 Å². The number of nitrogens with zero attached hydrogens (tertiary/aromatic N) is 2. The van der Waals surface area contributed by atoms with Gasteiger partial charge in [0.05, 0.1) is 0 Å². The van der Waals surface area contributed by atoms with E-state index in [1.165, 1.54) is 11.1 Å². The molecule has 122 valence electrons. The molecule has 0 radical (unpaired) electrons. The maximum atomic E-state index is 12.3. The highest BCUT2D eigenvalue weighted by atomic mass is 16.4. The normalized spacial score (nSPS) is 15.7. The summed E-state index contributed by atoms with van der Waals surface area (Å²) < 4.78 is 5.59. The molecule has 23 heavy (non-hydrogen) atoms. The molecule has 0 spiro atoms. The lowest BCUT2D eigenvalue weighted by molar-refractivity contribution is -0.122. The minimum absolute atomic E-state index is 0.0413. The first-order valence-corrected chi connectivity index (χ1v) is 8.22. The van der Waals surface area contributed by atoms with Gasteiger partial charge in [-0.2, -0.15) is 0 Å². The van der Waals surface area contributed by atoms with Crippen LogP contribution in [0.3, 0.4) is 0 Å². The zero-order valence-corrected chi connectivity index (χ0v) is 13.9. The first-order valence-electron chi connectivity index (χ1n) is 8.22. The Labute approximate surface area is 136 Å². The van der Waals surface area contributed by atoms with Gasteiger partial charge in [0.25, 0.3) is 0 Å². The van der Waals surface area contributed by atoms with Crippen LogP contribution in [0.1, 0.15) is 62.1 Å². The molecular formula is C18H23N3O2. The Kier molecular flexibility index (Phi) is 4.46. The Hall–Kier alpha value is -2.17. The Bertz CT molecular complexity index is 668. The number of aromatic nitrogens is 2. The van der Waals surface area contributed by atoms with Crippen molar-refractivity contribution >= 4 is 5.91 Å². The molecule has 1 aromatic heterocycles. The second-order valence-corrected chi connectivity index (χ2v) is 6.67. The Morgan fingerprint density at radius 1 is 1.17 bits per heavy atom. The lowest BCUT2D eigenvalue weighted by Gasteiger charge is -2.13. The van der Waals surface area contributed by atoms with Gasteiger partial charge in [-0.3, -0.25) is 4.79 Å². The van der Waals surface area contributed by atoms with Crippen LogP contribution in [0.25, 0.3) is 0 Å². The molecule has 0 aliphatic heterocycles. The molecule has 2 aromatic rings. The number of carbonyl (C=O) groups is 1. The zero-order valence-electron chi connectivity index (χ0n) is 13.9. The molecule has 3 rings (SSSR count). The zero-order chi connectivity index (χ0) is 16.4. The van der Waals surface area contributed by atoms with Crippen LogP contribution in [0, 0.1) is 5.92 Å². The van der Waals surface area contributed by atoms with Crippen LogP contribution in [0.15, 0.2) is 28.7 Å². The Balaban J connectivity index is 1.53. The number of carbonyl (C=O) groups excluding carboxylic acids is 1. The van der Waals surface area contributed by atoms with E-state index < -0.39 is 0 Å². The van der Waals surface area contributed by atoms with Crippen LogP contribution in [0.4, 0.5) is 0 Å². The largest absolute Gasteiger partial charge is 0.423 e. The standard InChI is InChI=1S/C18H23N3O2/c1-11(2)17-20-21-18(23-17)12(3)19-16(22)10-13-8-14-6-4-5-7-15(14)9-13/h4-7,11-13H,8-10H2,1-3H3,(H,19,22)/t12-/m1/s1. The van der Waals surface area contributed by atoms with E-state index in [1.807, 2.05) is 20.8 Å². The van der Waals surface area contributed by atoms with Gasteiger partial charge < -0.3 is 9.73 Å². The van der Waals surface area contributed by atoms with E-state index >= 15 is 0 Å². The van der Waals surface area contributed by atoms with Crippen molar-refractivity contribution in [3.8, 4) is 0 Å². The van der Waals surface area contributed by atoms with Crippen LogP contribution < -0.4 is 5.32 Å². The number of amides is 1. The maximum absolute atomic E-state index is 12.3. The van der Waals surface area contributed by atoms with E-state index in [0.29, 0.717) is 24.1 Å². The van der Waals surface area contributed by atoms with Crippen molar-refractivity contribution in [2.75, 3.05) is 0 Å². The lowest BCUT2D eigenvalue weighted by Crippen LogP contribution is -2.28. The van der Waals surface area contributed by atoms with Gasteiger partial charge in [0.2, 0.25) is 17.7 Å². The van der Waals surface area contributed by atoms with Gasteiger partial charge in [-0.15, -0.1) is 10.2 Å². The average Bonchev–Trinajstić information content (AvgIpc) is 3.13. The molecule has 0 unspecified atom stereocenters. The SMILES string of the molecule is CC(C)c1nnc([C@@H](C)NC(=O)CC2Cc3ccccc3C2)o1. The summed E-state index contributed by atoms with van der Waals surface area (Å²) in [6.45, 7) is 5.87. The van der Waals surface area contributed by atoms with Gasteiger partial charge in [-0.05, 0) is 36.8 Å². The Morgan fingerprint density at radius 3 is 2.35 bits per heavy atom. The van der Waals surface area contributed by atoms with Crippen molar-refractivity contribution in [2.24, 2.45) is 5.92 Å². The van der Waals surface area contributed by atoms with Gasteiger partial charge >= 0.3 is 0 Å². The highest BCUT2D eigenvalue weighted by Crippen LogP contribution is 2.28. The minimum atomic E-state index is -0.258. The van der Waals surface area contributed by atoms with Gasteiger partial charge in [0.1, 0.15) is 6.04 Å². The smallest absolute Gasteiger partial charge is 0.238 e. The number of nitrogens with one attached hydrogen (secondary N) is 1. The number of benzene rings is 1. The van der Waals surface area contributed by atoms with E-state index in [0.717, 1.165) is 12.8 Å². The van der Waals surface area contributed by atoms with E-state index in [-0.39, 0.29) is 17.9 Å². The first kappa shape index (κ1) is 15.7. The summed E-state index contributed by atoms with van der Waals surface area (Å²) in [5.74, 6) is 1.69. The fourth-order valence-electron chi connectivity index (χ4n) is 3.07. The number of hydrogen-bond donors (Lipinski definition) is 1. The molecule has 1 amide bonds. The van der Waals surface area contributed by atoms with Crippen molar-refractivity contribution in [3.63, 3.8) is 0 Å². The molecule has 5 heteroatoms. The Morgan fingerprint density at radius 2 is 1.78 bits per heavy atom. The van der Waals surface area contributed by atoms with E-state index in [1.54, 1.807) is 0 Å². The summed E-state index contributed by atoms with van der Waals surface area (Å²) in [5, 5.41) is 11.0. The molecule has 0 saturated carbocycles. The third kappa shape index (κ3) is 3.60. The summed E-state index contributed by atoms with van der Waals surface area (Å²) in [4.78, 5) is 12.3. The second-order valence-electron chi connectivity index (χ2n) is 6.67. The molecule has 0 fully saturated rings. The molecule has 1 heterocycles. The van der Waals surface area contributed by atoms with Crippen molar-refractivity contribution in [2.45, 2.75) is 52.0 Å². The quantitative estimate of drug-likeness (QED) is 0.920. The number of rotatable bonds is 5. The topological polar surface area (TPSA) is 68.0 Å². The highest BCUT2D eigenvalue weighted by Gasteiger charge is 2.24. The molecular weight excluding hydrogens is 290 g/mol. The summed E-state index contributed by atoms with van der Waals surface area (Å²) in [6, 6.07) is 8.17. The molecule has 0 saturated heterocycles. The summed E-state index contributed by atoms with van der Waals surface area (Å²) in [7, 11) is 0. The fraction of sp³-hybridized carbons (Fsp3) is 0.500. The minimum Gasteiger partial charge on any atom is -0.423 e. The number of fused-ring (bicyclic) bond motifs is 1. The molecule has 1 aliphatic rings. The predicted molar refractivity (Wildman–Crippen MR) is 86.9 cm³/mol. The fourth-order valence-corrected chi connectivity index (χ4v) is 3.07. The van der Waals surface area contributed by atoms with Crippen molar-refractivity contribution in [1.82, 2.24) is 15.5 Å². The van der Waals surface area contributed by atoms with E-state index in [4.69, 9.17) is 4.42 Å². The predicted octanol–water partition coefficient (Wildman–Crippen LogP) is 3.18. The molecule has 1 atom stereocenters. The van der Waals surface area contributed by atoms with E-state index in [2.05, 4.69) is 39.8 Å². The van der Waals surface area contributed by atoms with Crippen molar-refractivity contribution < 1.29 is 9.21 Å². The average molecular weight is 313 g/mol. The summed E-state index contributed by atoms with van der Waals surface area (Å²) >= 11 is 0. The molecule has 1 aliphatic carbocycles. The van der Waals surface area contributed by atoms with Crippen LogP contribution in [-0.4, -0.2) is 16.1 Å². The molecule has 0 bridgehead atoms. The van der Waals surface area contributed by atoms with Gasteiger partial charge in [0, 0.05) is 12.3 Å². The van der Waals surface area contributed by atoms with Crippen LogP contribution in [0.2, 0.25) is 0 Å². The molecule has 1 aromatic carbocycles. The monoisotopic (exact) mass is 313 g/mol. The first-order chi connectivity index (χ1) is 11.0. The van der Waals surface area contributed by atoms with Crippen molar-refractivity contribution in [3.05, 3.63) is 47.2 Å². The summed E-state index contributed by atoms with van der Waals surface area (Å²) in [5.41, 5.74) is 2.74. The maximum Gasteiger partial charge on any atom is 0.238 e. The third-order valence-corrected chi connectivity index (χ3v) is 4.31. The van der Waals surface area contributed by atoms with Crippen LogP contribution in [-0.2, 0) is 17.6 Å². The van der Waals surface area contributed by atoms with Crippen LogP contribution in [0.5, 0.6) is 0 Å². The van der Waals surface area contributed by atoms with Gasteiger partial charge in [-0.1, -0.05) is 38.1 Å². The summed E-state index contributed by atoms with van der Waals surface area (Å²) in [6.07, 6.45) is 2.50.